The normalized spacial score (nSPS) is 13.9. The summed E-state index contributed by atoms with van der Waals surface area (Å²) < 4.78 is 18.7. The number of amides is 2. The molecule has 1 fully saturated rings. The van der Waals surface area contributed by atoms with Gasteiger partial charge in [0.15, 0.2) is 5.78 Å². The van der Waals surface area contributed by atoms with Gasteiger partial charge in [0.1, 0.15) is 17.3 Å². The topological polar surface area (TPSA) is 104 Å². The van der Waals surface area contributed by atoms with Crippen LogP contribution < -0.4 is 10.1 Å². The number of halogens is 1. The van der Waals surface area contributed by atoms with Gasteiger partial charge < -0.3 is 19.9 Å². The van der Waals surface area contributed by atoms with Crippen LogP contribution in [0.1, 0.15) is 63.0 Å². The molecular weight excluding hydrogens is 531 g/mol. The highest BCUT2D eigenvalue weighted by molar-refractivity contribution is 7.09. The second-order valence-corrected chi connectivity index (χ2v) is 10.8. The number of ether oxygens (including phenoxy) is 1. The molecule has 0 radical (unpaired) electrons. The highest BCUT2D eigenvalue weighted by Crippen LogP contribution is 2.31. The van der Waals surface area contributed by atoms with Crippen molar-refractivity contribution < 1.29 is 23.5 Å². The van der Waals surface area contributed by atoms with Crippen molar-refractivity contribution in [3.8, 4) is 5.75 Å². The molecule has 5 rings (SSSR count). The summed E-state index contributed by atoms with van der Waals surface area (Å²) in [5.74, 6) is 0.277. The van der Waals surface area contributed by atoms with Crippen LogP contribution in [0.15, 0.2) is 54.0 Å². The Morgan fingerprint density at radius 3 is 2.65 bits per heavy atom. The third-order valence-corrected chi connectivity index (χ3v) is 8.35. The van der Waals surface area contributed by atoms with Crippen LogP contribution >= 0.6 is 11.3 Å². The van der Waals surface area contributed by atoms with Crippen molar-refractivity contribution in [3.05, 3.63) is 81.7 Å². The van der Waals surface area contributed by atoms with Gasteiger partial charge in [-0.15, -0.1) is 11.3 Å². The quantitative estimate of drug-likeness (QED) is 0.261. The lowest BCUT2D eigenvalue weighted by Crippen LogP contribution is -2.38. The zero-order valence-electron chi connectivity index (χ0n) is 22.2. The number of ketones is 1. The number of benzene rings is 2. The zero-order chi connectivity index (χ0) is 28.1. The molecule has 1 saturated heterocycles. The van der Waals surface area contributed by atoms with E-state index in [0.29, 0.717) is 43.1 Å². The molecule has 1 aliphatic heterocycles. The molecule has 2 aromatic carbocycles. The van der Waals surface area contributed by atoms with E-state index < -0.39 is 0 Å². The third kappa shape index (κ3) is 6.39. The maximum Gasteiger partial charge on any atom is 0.270 e. The van der Waals surface area contributed by atoms with Gasteiger partial charge in [0.05, 0.1) is 12.1 Å². The van der Waals surface area contributed by atoms with Gasteiger partial charge in [0, 0.05) is 66.4 Å². The number of Topliss-reactive ketones (excluding diaryl/α,β-unsaturated/α-hetero) is 1. The number of aromatic amines is 1. The highest BCUT2D eigenvalue weighted by atomic mass is 32.1. The average Bonchev–Trinajstić information content (AvgIpc) is 3.63. The van der Waals surface area contributed by atoms with E-state index in [-0.39, 0.29) is 42.2 Å². The van der Waals surface area contributed by atoms with Crippen LogP contribution in [0.2, 0.25) is 0 Å². The summed E-state index contributed by atoms with van der Waals surface area (Å²) in [6, 6.07) is 11.5. The molecule has 0 spiro atoms. The number of nitrogens with zero attached hydrogens (tertiary/aromatic N) is 2. The van der Waals surface area contributed by atoms with Crippen molar-refractivity contribution in [1.82, 2.24) is 20.2 Å². The number of hydrogen-bond donors (Lipinski definition) is 2. The Labute approximate surface area is 235 Å². The van der Waals surface area contributed by atoms with Crippen molar-refractivity contribution in [2.45, 2.75) is 38.0 Å². The Morgan fingerprint density at radius 1 is 1.12 bits per heavy atom. The second kappa shape index (κ2) is 12.4. The van der Waals surface area contributed by atoms with Crippen molar-refractivity contribution in [1.29, 1.82) is 0 Å². The van der Waals surface area contributed by atoms with Crippen LogP contribution in [0, 0.1) is 5.82 Å². The average molecular weight is 563 g/mol. The number of hydrogen-bond acceptors (Lipinski definition) is 6. The van der Waals surface area contributed by atoms with E-state index in [1.807, 2.05) is 11.1 Å². The highest BCUT2D eigenvalue weighted by Gasteiger charge is 2.26. The fraction of sp³-hybridized carbons (Fsp3) is 0.333. The largest absolute Gasteiger partial charge is 0.497 e. The first-order valence-electron chi connectivity index (χ1n) is 13.4. The molecule has 8 nitrogen and oxygen atoms in total. The summed E-state index contributed by atoms with van der Waals surface area (Å²) in [6.07, 6.45) is 4.31. The first-order valence-corrected chi connectivity index (χ1v) is 14.2. The van der Waals surface area contributed by atoms with E-state index in [0.717, 1.165) is 34.3 Å². The number of rotatable bonds is 10. The summed E-state index contributed by atoms with van der Waals surface area (Å²) in [4.78, 5) is 47.3. The number of thiazole rings is 1. The van der Waals surface area contributed by atoms with Gasteiger partial charge in [-0.05, 0) is 67.3 Å². The zero-order valence-corrected chi connectivity index (χ0v) is 23.1. The lowest BCUT2D eigenvalue weighted by Gasteiger charge is -2.31. The standard InChI is InChI=1S/C30H31FN4O4S/c1-39-23-5-2-19(3-6-23)27(36)8-9-28(37)35-14-11-20(12-15-35)30-34-26(18-40-30)29(38)32-13-10-21-17-33-25-7-4-22(31)16-24(21)25/h2-7,16-18,20,33H,8-15H2,1H3,(H,32,38). The molecule has 2 N–H and O–H groups in total. The molecule has 208 valence electrons. The Hall–Kier alpha value is -4.05. The van der Waals surface area contributed by atoms with Gasteiger partial charge in [-0.3, -0.25) is 14.4 Å². The summed E-state index contributed by atoms with van der Waals surface area (Å²) in [7, 11) is 1.57. The number of piperidine rings is 1. The molecular formula is C30H31FN4O4S. The number of carbonyl (C=O) groups is 3. The SMILES string of the molecule is COc1ccc(C(=O)CCC(=O)N2CCC(c3nc(C(=O)NCCc4c[nH]c5ccc(F)cc45)cs3)CC2)cc1. The fourth-order valence-electron chi connectivity index (χ4n) is 5.01. The Bertz CT molecular complexity index is 1510. The van der Waals surface area contributed by atoms with Crippen LogP contribution in [0.5, 0.6) is 5.75 Å². The summed E-state index contributed by atoms with van der Waals surface area (Å²) in [6.45, 7) is 1.62. The molecule has 2 aromatic heterocycles. The number of likely N-dealkylation sites (tertiary alicyclic amines) is 1. The number of nitrogens with one attached hydrogen (secondary N) is 2. The van der Waals surface area contributed by atoms with Gasteiger partial charge in [-0.1, -0.05) is 0 Å². The van der Waals surface area contributed by atoms with Crippen LogP contribution in [-0.2, 0) is 11.2 Å². The molecule has 0 saturated carbocycles. The molecule has 2 amide bonds. The molecule has 0 atom stereocenters. The minimum absolute atomic E-state index is 0.0162. The summed E-state index contributed by atoms with van der Waals surface area (Å²) in [5, 5.41) is 6.40. The van der Waals surface area contributed by atoms with E-state index in [2.05, 4.69) is 15.3 Å². The fourth-order valence-corrected chi connectivity index (χ4v) is 5.99. The van der Waals surface area contributed by atoms with Crippen LogP contribution in [-0.4, -0.2) is 59.2 Å². The van der Waals surface area contributed by atoms with Crippen LogP contribution in [0.4, 0.5) is 4.39 Å². The first kappa shape index (κ1) is 27.5. The van der Waals surface area contributed by atoms with Gasteiger partial charge in [0.25, 0.3) is 5.91 Å². The maximum absolute atomic E-state index is 13.6. The molecule has 0 bridgehead atoms. The summed E-state index contributed by atoms with van der Waals surface area (Å²) in [5.41, 5.74) is 2.77. The number of H-pyrrole nitrogens is 1. The van der Waals surface area contributed by atoms with E-state index >= 15 is 0 Å². The number of fused-ring (bicyclic) bond motifs is 1. The Balaban J connectivity index is 1.06. The van der Waals surface area contributed by atoms with Crippen LogP contribution in [0.3, 0.4) is 0 Å². The number of carbonyl (C=O) groups excluding carboxylic acids is 3. The third-order valence-electron chi connectivity index (χ3n) is 7.34. The predicted molar refractivity (Wildman–Crippen MR) is 152 cm³/mol. The molecule has 3 heterocycles. The molecule has 40 heavy (non-hydrogen) atoms. The molecule has 4 aromatic rings. The number of aromatic nitrogens is 2. The van der Waals surface area contributed by atoms with Gasteiger partial charge in [0.2, 0.25) is 5.91 Å². The van der Waals surface area contributed by atoms with E-state index in [1.165, 1.54) is 23.5 Å². The van der Waals surface area contributed by atoms with Crippen molar-refractivity contribution >= 4 is 39.8 Å². The lowest BCUT2D eigenvalue weighted by molar-refractivity contribution is -0.132. The minimum atomic E-state index is -0.289. The van der Waals surface area contributed by atoms with E-state index in [1.54, 1.807) is 42.8 Å². The van der Waals surface area contributed by atoms with E-state index in [4.69, 9.17) is 4.74 Å². The molecule has 1 aliphatic rings. The van der Waals surface area contributed by atoms with Gasteiger partial charge in [-0.25, -0.2) is 9.37 Å². The maximum atomic E-state index is 13.6. The second-order valence-electron chi connectivity index (χ2n) is 9.89. The predicted octanol–water partition coefficient (Wildman–Crippen LogP) is 5.11. The first-order chi connectivity index (χ1) is 19.4. The molecule has 0 unspecified atom stereocenters. The number of methoxy groups -OCH3 is 1. The minimum Gasteiger partial charge on any atom is -0.497 e. The molecule has 0 aliphatic carbocycles. The van der Waals surface area contributed by atoms with E-state index in [9.17, 15) is 18.8 Å². The smallest absolute Gasteiger partial charge is 0.270 e. The monoisotopic (exact) mass is 562 g/mol. The van der Waals surface area contributed by atoms with Crippen molar-refractivity contribution in [2.24, 2.45) is 0 Å². The van der Waals surface area contributed by atoms with Crippen molar-refractivity contribution in [2.75, 3.05) is 26.7 Å². The Morgan fingerprint density at radius 2 is 1.90 bits per heavy atom. The van der Waals surface area contributed by atoms with Crippen LogP contribution in [0.25, 0.3) is 10.9 Å². The van der Waals surface area contributed by atoms with Gasteiger partial charge >= 0.3 is 0 Å². The van der Waals surface area contributed by atoms with Crippen molar-refractivity contribution in [3.63, 3.8) is 0 Å². The lowest BCUT2D eigenvalue weighted by atomic mass is 9.97. The summed E-state index contributed by atoms with van der Waals surface area (Å²) >= 11 is 1.47. The van der Waals surface area contributed by atoms with Gasteiger partial charge in [-0.2, -0.15) is 0 Å². The molecule has 10 heteroatoms. The Kier molecular flexibility index (Phi) is 8.54.